The molecule has 1 aliphatic heterocycles. The van der Waals surface area contributed by atoms with E-state index >= 15 is 0 Å². The Morgan fingerprint density at radius 1 is 1.25 bits per heavy atom. The Kier molecular flexibility index (Phi) is 5.65. The van der Waals surface area contributed by atoms with Crippen LogP contribution in [0.25, 0.3) is 0 Å². The molecule has 0 radical (unpaired) electrons. The normalized spacial score (nSPS) is 17.0. The van der Waals surface area contributed by atoms with Crippen LogP contribution in [-0.4, -0.2) is 64.8 Å². The summed E-state index contributed by atoms with van der Waals surface area (Å²) < 4.78 is 9.92. The highest BCUT2D eigenvalue weighted by Gasteiger charge is 2.21. The number of benzene rings is 1. The molecule has 3 rings (SSSR count). The van der Waals surface area contributed by atoms with Gasteiger partial charge in [-0.05, 0) is 31.5 Å². The average Bonchev–Trinajstić information content (AvgIpc) is 3.00. The first-order valence-electron chi connectivity index (χ1n) is 8.25. The third-order valence-corrected chi connectivity index (χ3v) is 4.93. The highest BCUT2D eigenvalue weighted by Crippen LogP contribution is 2.19. The van der Waals surface area contributed by atoms with E-state index in [1.54, 1.807) is 0 Å². The smallest absolute Gasteiger partial charge is 0.205 e. The summed E-state index contributed by atoms with van der Waals surface area (Å²) in [6, 6.07) is 7.89. The number of nitrogens with zero attached hydrogens (tertiary/aromatic N) is 4. The zero-order valence-corrected chi connectivity index (χ0v) is 15.0. The molecule has 0 spiro atoms. The van der Waals surface area contributed by atoms with E-state index in [0.29, 0.717) is 13.2 Å². The van der Waals surface area contributed by atoms with Crippen molar-refractivity contribution in [2.45, 2.75) is 20.0 Å². The molecule has 6 nitrogen and oxygen atoms in total. The van der Waals surface area contributed by atoms with Crippen LogP contribution in [0.4, 0.5) is 5.13 Å². The molecule has 1 fully saturated rings. The maximum Gasteiger partial charge on any atom is 0.205 e. The van der Waals surface area contributed by atoms with E-state index in [2.05, 4.69) is 19.2 Å². The molecule has 1 aromatic heterocycles. The second-order valence-electron chi connectivity index (χ2n) is 6.19. The Balaban J connectivity index is 1.40. The minimum atomic E-state index is -0.485. The number of aromatic nitrogens is 2. The summed E-state index contributed by atoms with van der Waals surface area (Å²) in [5.41, 5.74) is 1.16. The van der Waals surface area contributed by atoms with E-state index < -0.39 is 6.10 Å². The van der Waals surface area contributed by atoms with Gasteiger partial charge < -0.3 is 14.7 Å². The Morgan fingerprint density at radius 2 is 2.04 bits per heavy atom. The van der Waals surface area contributed by atoms with Crippen LogP contribution in [0, 0.1) is 13.8 Å². The van der Waals surface area contributed by atoms with Gasteiger partial charge in [0.2, 0.25) is 5.13 Å². The number of β-amino-alcohol motifs (C(OH)–C–C–N with tert-alkyl or cyclic N) is 1. The fraction of sp³-hybridized carbons (Fsp3) is 0.529. The van der Waals surface area contributed by atoms with Gasteiger partial charge in [0.25, 0.3) is 0 Å². The number of aliphatic hydroxyl groups is 1. The third-order valence-electron chi connectivity index (χ3n) is 4.06. The summed E-state index contributed by atoms with van der Waals surface area (Å²) in [5.74, 6) is 1.65. The van der Waals surface area contributed by atoms with Crippen molar-refractivity contribution in [3.63, 3.8) is 0 Å². The lowest BCUT2D eigenvalue weighted by molar-refractivity contribution is 0.0663. The number of hydrogen-bond donors (Lipinski definition) is 1. The summed E-state index contributed by atoms with van der Waals surface area (Å²) in [6.45, 7) is 8.57. The highest BCUT2D eigenvalue weighted by molar-refractivity contribution is 7.09. The van der Waals surface area contributed by atoms with E-state index in [9.17, 15) is 5.11 Å². The number of piperazine rings is 1. The molecule has 2 aromatic rings. The highest BCUT2D eigenvalue weighted by atomic mass is 32.1. The van der Waals surface area contributed by atoms with Gasteiger partial charge in [-0.15, -0.1) is 0 Å². The van der Waals surface area contributed by atoms with Gasteiger partial charge in [0.1, 0.15) is 24.3 Å². The summed E-state index contributed by atoms with van der Waals surface area (Å²) in [6.07, 6.45) is -0.485. The number of aryl methyl sites for hydroxylation is 2. The van der Waals surface area contributed by atoms with Crippen LogP contribution in [0.3, 0.4) is 0 Å². The predicted octanol–water partition coefficient (Wildman–Crippen LogP) is 1.72. The number of aliphatic hydroxyl groups excluding tert-OH is 1. The van der Waals surface area contributed by atoms with Crippen molar-refractivity contribution in [2.75, 3.05) is 44.2 Å². The second-order valence-corrected chi connectivity index (χ2v) is 6.92. The van der Waals surface area contributed by atoms with Gasteiger partial charge in [-0.2, -0.15) is 4.37 Å². The van der Waals surface area contributed by atoms with Crippen molar-refractivity contribution in [1.29, 1.82) is 0 Å². The quantitative estimate of drug-likeness (QED) is 0.858. The number of rotatable bonds is 6. The molecule has 0 saturated carbocycles. The molecule has 0 bridgehead atoms. The van der Waals surface area contributed by atoms with Crippen LogP contribution in [0.5, 0.6) is 5.75 Å². The van der Waals surface area contributed by atoms with Crippen molar-refractivity contribution in [2.24, 2.45) is 0 Å². The lowest BCUT2D eigenvalue weighted by Gasteiger charge is -2.35. The van der Waals surface area contributed by atoms with Gasteiger partial charge in [-0.3, -0.25) is 4.90 Å². The topological polar surface area (TPSA) is 61.7 Å². The summed E-state index contributed by atoms with van der Waals surface area (Å²) in [4.78, 5) is 8.97. The minimum Gasteiger partial charge on any atom is -0.491 e. The lowest BCUT2D eigenvalue weighted by atomic mass is 10.2. The monoisotopic (exact) mass is 348 g/mol. The standard InChI is InChI=1S/C17H24N4O2S/c1-13-4-3-5-16(10-13)23-12-15(22)11-20-6-8-21(9-7-20)17-18-14(2)19-24-17/h3-5,10,15,22H,6-9,11-12H2,1-2H3. The van der Waals surface area contributed by atoms with Crippen LogP contribution in [-0.2, 0) is 0 Å². The van der Waals surface area contributed by atoms with E-state index in [1.165, 1.54) is 11.5 Å². The second kappa shape index (κ2) is 7.92. The molecule has 0 aliphatic carbocycles. The van der Waals surface area contributed by atoms with Crippen molar-refractivity contribution < 1.29 is 9.84 Å². The predicted molar refractivity (Wildman–Crippen MR) is 96.0 cm³/mol. The Morgan fingerprint density at radius 3 is 2.71 bits per heavy atom. The number of ether oxygens (including phenoxy) is 1. The summed E-state index contributed by atoms with van der Waals surface area (Å²) in [7, 11) is 0. The van der Waals surface area contributed by atoms with Crippen molar-refractivity contribution in [1.82, 2.24) is 14.3 Å². The summed E-state index contributed by atoms with van der Waals surface area (Å²) >= 11 is 1.45. The lowest BCUT2D eigenvalue weighted by Crippen LogP contribution is -2.49. The zero-order chi connectivity index (χ0) is 16.9. The average molecular weight is 348 g/mol. The molecule has 2 heterocycles. The van der Waals surface area contributed by atoms with Gasteiger partial charge in [0.15, 0.2) is 0 Å². The first kappa shape index (κ1) is 17.1. The fourth-order valence-electron chi connectivity index (χ4n) is 2.78. The molecule has 1 N–H and O–H groups in total. The maximum atomic E-state index is 10.2. The third kappa shape index (κ3) is 4.66. The van der Waals surface area contributed by atoms with Crippen LogP contribution in [0.1, 0.15) is 11.4 Å². The molecule has 0 amide bonds. The van der Waals surface area contributed by atoms with Crippen LogP contribution < -0.4 is 9.64 Å². The first-order valence-corrected chi connectivity index (χ1v) is 9.02. The SMILES string of the molecule is Cc1cccc(OCC(O)CN2CCN(c3nc(C)ns3)CC2)c1. The maximum absolute atomic E-state index is 10.2. The first-order chi connectivity index (χ1) is 11.6. The van der Waals surface area contributed by atoms with Gasteiger partial charge in [-0.1, -0.05) is 12.1 Å². The zero-order valence-electron chi connectivity index (χ0n) is 14.2. The van der Waals surface area contributed by atoms with E-state index in [0.717, 1.165) is 48.4 Å². The van der Waals surface area contributed by atoms with Crippen molar-refractivity contribution in [3.8, 4) is 5.75 Å². The van der Waals surface area contributed by atoms with Gasteiger partial charge in [-0.25, -0.2) is 4.98 Å². The fourth-order valence-corrected chi connectivity index (χ4v) is 3.51. The number of anilines is 1. The number of hydrogen-bond acceptors (Lipinski definition) is 7. The van der Waals surface area contributed by atoms with Crippen LogP contribution >= 0.6 is 11.5 Å². The Labute approximate surface area is 146 Å². The van der Waals surface area contributed by atoms with Crippen LogP contribution in [0.15, 0.2) is 24.3 Å². The molecule has 1 aromatic carbocycles. The largest absolute Gasteiger partial charge is 0.491 e. The Hall–Kier alpha value is -1.70. The van der Waals surface area contributed by atoms with E-state index in [1.807, 2.05) is 38.1 Å². The molecule has 1 atom stereocenters. The molecule has 1 saturated heterocycles. The Bertz CT molecular complexity index is 656. The summed E-state index contributed by atoms with van der Waals surface area (Å²) in [5, 5.41) is 11.2. The van der Waals surface area contributed by atoms with Gasteiger partial charge in [0, 0.05) is 44.3 Å². The van der Waals surface area contributed by atoms with Gasteiger partial charge in [0.05, 0.1) is 0 Å². The molecule has 1 aliphatic rings. The molecule has 7 heteroatoms. The molecule has 24 heavy (non-hydrogen) atoms. The molecule has 1 unspecified atom stereocenters. The van der Waals surface area contributed by atoms with Crippen molar-refractivity contribution >= 4 is 16.7 Å². The minimum absolute atomic E-state index is 0.319. The van der Waals surface area contributed by atoms with E-state index in [-0.39, 0.29) is 0 Å². The molecular weight excluding hydrogens is 324 g/mol. The molecule has 130 valence electrons. The van der Waals surface area contributed by atoms with Crippen LogP contribution in [0.2, 0.25) is 0 Å². The van der Waals surface area contributed by atoms with Gasteiger partial charge >= 0.3 is 0 Å². The molecular formula is C17H24N4O2S. The van der Waals surface area contributed by atoms with E-state index in [4.69, 9.17) is 4.74 Å². The van der Waals surface area contributed by atoms with Crippen molar-refractivity contribution in [3.05, 3.63) is 35.7 Å².